The van der Waals surface area contributed by atoms with Crippen molar-refractivity contribution in [2.45, 2.75) is 25.5 Å². The number of ether oxygens (including phenoxy) is 3. The van der Waals surface area contributed by atoms with E-state index in [-0.39, 0.29) is 11.8 Å². The second-order valence-corrected chi connectivity index (χ2v) is 6.77. The molecule has 28 heavy (non-hydrogen) atoms. The Balaban J connectivity index is 1.63. The standard InChI is InChI=1S/C22H25NO5/c1-26-22(25)20(23-21(24)18-10-11-27-15-18)13-17-8-5-9-19(12-17)28-14-16-6-3-2-4-7-16/h2-9,12,18,20H,10-11,13-15H2,1H3,(H,23,24)/t18-,20-/m1/s1. The first-order valence-electron chi connectivity index (χ1n) is 9.37. The van der Waals surface area contributed by atoms with Crippen molar-refractivity contribution in [3.05, 3.63) is 65.7 Å². The van der Waals surface area contributed by atoms with Gasteiger partial charge in [-0.1, -0.05) is 42.5 Å². The van der Waals surface area contributed by atoms with Gasteiger partial charge >= 0.3 is 5.97 Å². The van der Waals surface area contributed by atoms with Crippen molar-refractivity contribution in [3.8, 4) is 5.75 Å². The number of nitrogens with one attached hydrogen (secondary N) is 1. The Kier molecular flexibility index (Phi) is 7.03. The van der Waals surface area contributed by atoms with E-state index in [2.05, 4.69) is 5.32 Å². The van der Waals surface area contributed by atoms with Gasteiger partial charge in [0.15, 0.2) is 0 Å². The lowest BCUT2D eigenvalue weighted by Gasteiger charge is -2.19. The largest absolute Gasteiger partial charge is 0.489 e. The number of hydrogen-bond donors (Lipinski definition) is 1. The monoisotopic (exact) mass is 383 g/mol. The number of benzene rings is 2. The van der Waals surface area contributed by atoms with Gasteiger partial charge in [0.1, 0.15) is 18.4 Å². The lowest BCUT2D eigenvalue weighted by Crippen LogP contribution is -2.45. The average Bonchev–Trinajstić information content (AvgIpc) is 3.27. The maximum absolute atomic E-state index is 12.4. The summed E-state index contributed by atoms with van der Waals surface area (Å²) in [6.45, 7) is 1.42. The van der Waals surface area contributed by atoms with Gasteiger partial charge in [0.25, 0.3) is 0 Å². The lowest BCUT2D eigenvalue weighted by molar-refractivity contribution is -0.145. The molecule has 1 aliphatic rings. The van der Waals surface area contributed by atoms with Gasteiger partial charge < -0.3 is 19.5 Å². The molecule has 0 aromatic heterocycles. The van der Waals surface area contributed by atoms with E-state index in [4.69, 9.17) is 14.2 Å². The summed E-state index contributed by atoms with van der Waals surface area (Å²) in [4.78, 5) is 24.5. The van der Waals surface area contributed by atoms with Crippen LogP contribution in [0.2, 0.25) is 0 Å². The Labute approximate surface area is 164 Å². The molecule has 3 rings (SSSR count). The van der Waals surface area contributed by atoms with E-state index in [0.29, 0.717) is 38.4 Å². The topological polar surface area (TPSA) is 73.9 Å². The van der Waals surface area contributed by atoms with Crippen molar-refractivity contribution in [1.29, 1.82) is 0 Å². The lowest BCUT2D eigenvalue weighted by atomic mass is 10.0. The third-order valence-corrected chi connectivity index (χ3v) is 4.69. The predicted molar refractivity (Wildman–Crippen MR) is 104 cm³/mol. The van der Waals surface area contributed by atoms with Crippen LogP contribution in [0.25, 0.3) is 0 Å². The third kappa shape index (κ3) is 5.57. The Morgan fingerprint density at radius 3 is 2.64 bits per heavy atom. The van der Waals surface area contributed by atoms with Crippen LogP contribution >= 0.6 is 0 Å². The molecule has 6 heteroatoms. The first kappa shape index (κ1) is 19.9. The molecule has 2 aromatic carbocycles. The van der Waals surface area contributed by atoms with Crippen LogP contribution in [0, 0.1) is 5.92 Å². The van der Waals surface area contributed by atoms with Crippen molar-refractivity contribution in [2.24, 2.45) is 5.92 Å². The molecule has 0 aliphatic carbocycles. The number of methoxy groups -OCH3 is 1. The Bertz CT molecular complexity index is 787. The maximum Gasteiger partial charge on any atom is 0.328 e. The van der Waals surface area contributed by atoms with Crippen LogP contribution in [0.5, 0.6) is 5.75 Å². The maximum atomic E-state index is 12.4. The van der Waals surface area contributed by atoms with Crippen LogP contribution in [-0.2, 0) is 32.1 Å². The Morgan fingerprint density at radius 2 is 1.93 bits per heavy atom. The molecule has 1 aliphatic heterocycles. The highest BCUT2D eigenvalue weighted by Crippen LogP contribution is 2.18. The van der Waals surface area contributed by atoms with Crippen LogP contribution < -0.4 is 10.1 Å². The number of rotatable bonds is 8. The molecule has 6 nitrogen and oxygen atoms in total. The zero-order valence-electron chi connectivity index (χ0n) is 15.9. The predicted octanol–water partition coefficient (Wildman–Crippen LogP) is 2.50. The van der Waals surface area contributed by atoms with Crippen molar-refractivity contribution >= 4 is 11.9 Å². The summed E-state index contributed by atoms with van der Waals surface area (Å²) in [6.07, 6.45) is 0.997. The zero-order valence-corrected chi connectivity index (χ0v) is 15.9. The third-order valence-electron chi connectivity index (χ3n) is 4.69. The van der Waals surface area contributed by atoms with Crippen LogP contribution in [0.4, 0.5) is 0 Å². The summed E-state index contributed by atoms with van der Waals surface area (Å²) in [5, 5.41) is 2.80. The zero-order chi connectivity index (χ0) is 19.8. The minimum atomic E-state index is -0.748. The summed E-state index contributed by atoms with van der Waals surface area (Å²) < 4.78 is 16.0. The molecule has 0 spiro atoms. The highest BCUT2D eigenvalue weighted by Gasteiger charge is 2.28. The molecule has 1 saturated heterocycles. The second-order valence-electron chi connectivity index (χ2n) is 6.77. The molecule has 1 N–H and O–H groups in total. The van der Waals surface area contributed by atoms with Crippen LogP contribution in [0.1, 0.15) is 17.5 Å². The van der Waals surface area contributed by atoms with Gasteiger partial charge in [0, 0.05) is 13.0 Å². The number of carbonyl (C=O) groups excluding carboxylic acids is 2. The molecule has 0 saturated carbocycles. The van der Waals surface area contributed by atoms with Crippen molar-refractivity contribution < 1.29 is 23.8 Å². The molecule has 0 bridgehead atoms. The van der Waals surface area contributed by atoms with Crippen LogP contribution in [0.3, 0.4) is 0 Å². The van der Waals surface area contributed by atoms with Gasteiger partial charge in [0.2, 0.25) is 5.91 Å². The highest BCUT2D eigenvalue weighted by atomic mass is 16.5. The number of amides is 1. The van der Waals surface area contributed by atoms with Crippen molar-refractivity contribution in [1.82, 2.24) is 5.32 Å². The minimum absolute atomic E-state index is 0.176. The van der Waals surface area contributed by atoms with Crippen LogP contribution in [-0.4, -0.2) is 38.2 Å². The molecule has 1 fully saturated rings. The van der Waals surface area contributed by atoms with Gasteiger partial charge in [-0.25, -0.2) is 4.79 Å². The number of carbonyl (C=O) groups is 2. The first-order chi connectivity index (χ1) is 13.7. The molecule has 1 amide bonds. The Morgan fingerprint density at radius 1 is 1.14 bits per heavy atom. The quantitative estimate of drug-likeness (QED) is 0.709. The molecule has 0 radical (unpaired) electrons. The minimum Gasteiger partial charge on any atom is -0.489 e. The van der Waals surface area contributed by atoms with Crippen LogP contribution in [0.15, 0.2) is 54.6 Å². The fourth-order valence-corrected chi connectivity index (χ4v) is 3.11. The van der Waals surface area contributed by atoms with E-state index >= 15 is 0 Å². The molecule has 1 heterocycles. The van der Waals surface area contributed by atoms with Crippen molar-refractivity contribution in [2.75, 3.05) is 20.3 Å². The van der Waals surface area contributed by atoms with Gasteiger partial charge in [0.05, 0.1) is 19.6 Å². The normalized spacial score (nSPS) is 17.0. The fraction of sp³-hybridized carbons (Fsp3) is 0.364. The average molecular weight is 383 g/mol. The highest BCUT2D eigenvalue weighted by molar-refractivity contribution is 5.86. The van der Waals surface area contributed by atoms with E-state index in [9.17, 15) is 9.59 Å². The smallest absolute Gasteiger partial charge is 0.328 e. The van der Waals surface area contributed by atoms with Gasteiger partial charge in [-0.15, -0.1) is 0 Å². The van der Waals surface area contributed by atoms with E-state index in [1.807, 2.05) is 54.6 Å². The van der Waals surface area contributed by atoms with E-state index in [1.165, 1.54) is 7.11 Å². The van der Waals surface area contributed by atoms with E-state index in [1.54, 1.807) is 0 Å². The SMILES string of the molecule is COC(=O)[C@@H](Cc1cccc(OCc2ccccc2)c1)NC(=O)[C@@H]1CCOC1. The molecular formula is C22H25NO5. The summed E-state index contributed by atoms with van der Waals surface area (Å²) in [7, 11) is 1.32. The Hall–Kier alpha value is -2.86. The van der Waals surface area contributed by atoms with Crippen molar-refractivity contribution in [3.63, 3.8) is 0 Å². The molecule has 2 atom stereocenters. The summed E-state index contributed by atoms with van der Waals surface area (Å²) >= 11 is 0. The first-order valence-corrected chi connectivity index (χ1v) is 9.37. The second kappa shape index (κ2) is 9.90. The molecule has 0 unspecified atom stereocenters. The van der Waals surface area contributed by atoms with E-state index in [0.717, 1.165) is 11.1 Å². The summed E-state index contributed by atoms with van der Waals surface area (Å²) in [5.74, 6) is -0.152. The fourth-order valence-electron chi connectivity index (χ4n) is 3.11. The molecule has 148 valence electrons. The number of esters is 1. The van der Waals surface area contributed by atoms with Gasteiger partial charge in [-0.05, 0) is 29.7 Å². The van der Waals surface area contributed by atoms with E-state index < -0.39 is 12.0 Å². The van der Waals surface area contributed by atoms with Gasteiger partial charge in [-0.3, -0.25) is 4.79 Å². The molecule has 2 aromatic rings. The summed E-state index contributed by atoms with van der Waals surface area (Å²) in [6, 6.07) is 16.7. The molecular weight excluding hydrogens is 358 g/mol. The summed E-state index contributed by atoms with van der Waals surface area (Å²) in [5.41, 5.74) is 1.95. The van der Waals surface area contributed by atoms with Gasteiger partial charge in [-0.2, -0.15) is 0 Å². The number of hydrogen-bond acceptors (Lipinski definition) is 5.